The number of nitrogens with one attached hydrogen (secondary N) is 1. The Morgan fingerprint density at radius 2 is 1.61 bits per heavy atom. The fraction of sp³-hybridized carbons (Fsp3) is 0.238. The van der Waals surface area contributed by atoms with Crippen molar-refractivity contribution in [2.75, 3.05) is 23.9 Å². The number of rotatable bonds is 7. The van der Waals surface area contributed by atoms with Gasteiger partial charge < -0.3 is 15.0 Å². The van der Waals surface area contributed by atoms with Crippen molar-refractivity contribution in [2.24, 2.45) is 0 Å². The average molecular weight is 382 g/mol. The highest BCUT2D eigenvalue weighted by molar-refractivity contribution is 6.02. The Balaban J connectivity index is 2.08. The number of ether oxygens (including phenoxy) is 1. The molecule has 0 radical (unpaired) electrons. The molecule has 2 rings (SSSR count). The molecule has 2 aromatic rings. The van der Waals surface area contributed by atoms with E-state index in [9.17, 15) is 19.2 Å². The van der Waals surface area contributed by atoms with Crippen LogP contribution in [-0.4, -0.2) is 37.2 Å². The first-order chi connectivity index (χ1) is 13.3. The second-order valence-corrected chi connectivity index (χ2v) is 6.11. The fourth-order valence-electron chi connectivity index (χ4n) is 2.66. The normalized spacial score (nSPS) is 10.1. The lowest BCUT2D eigenvalue weighted by atomic mass is 10.1. The lowest BCUT2D eigenvalue weighted by molar-refractivity contribution is -0.117. The molecule has 0 aromatic heterocycles. The van der Waals surface area contributed by atoms with Crippen LogP contribution in [0.1, 0.15) is 41.0 Å². The van der Waals surface area contributed by atoms with Crippen LogP contribution < -0.4 is 10.2 Å². The monoisotopic (exact) mass is 382 g/mol. The molecule has 2 aromatic carbocycles. The molecule has 28 heavy (non-hydrogen) atoms. The van der Waals surface area contributed by atoms with E-state index in [4.69, 9.17) is 4.74 Å². The largest absolute Gasteiger partial charge is 0.465 e. The Morgan fingerprint density at radius 3 is 2.18 bits per heavy atom. The van der Waals surface area contributed by atoms with E-state index in [1.807, 2.05) is 0 Å². The Labute approximate surface area is 163 Å². The fourth-order valence-corrected chi connectivity index (χ4v) is 2.66. The second-order valence-electron chi connectivity index (χ2n) is 6.11. The van der Waals surface area contributed by atoms with Crippen molar-refractivity contribution in [1.82, 2.24) is 0 Å². The minimum absolute atomic E-state index is 0.0313. The molecule has 0 fully saturated rings. The predicted octanol–water partition coefficient (Wildman–Crippen LogP) is 3.06. The van der Waals surface area contributed by atoms with E-state index in [1.54, 1.807) is 48.5 Å². The molecule has 0 aliphatic rings. The zero-order chi connectivity index (χ0) is 20.7. The van der Waals surface area contributed by atoms with E-state index in [0.717, 1.165) is 0 Å². The van der Waals surface area contributed by atoms with Crippen molar-refractivity contribution in [3.8, 4) is 0 Å². The van der Waals surface area contributed by atoms with Crippen LogP contribution in [0.25, 0.3) is 0 Å². The summed E-state index contributed by atoms with van der Waals surface area (Å²) >= 11 is 0. The average Bonchev–Trinajstić information content (AvgIpc) is 2.68. The van der Waals surface area contributed by atoms with Crippen LogP contribution in [0.5, 0.6) is 0 Å². The molecular formula is C21H22N2O5. The number of amides is 2. The van der Waals surface area contributed by atoms with Gasteiger partial charge in [0.1, 0.15) is 0 Å². The molecule has 146 valence electrons. The topological polar surface area (TPSA) is 92.8 Å². The first kappa shape index (κ1) is 20.8. The molecule has 0 atom stereocenters. The number of para-hydroxylation sites is 1. The number of anilines is 2. The quantitative estimate of drug-likeness (QED) is 0.587. The second kappa shape index (κ2) is 9.45. The summed E-state index contributed by atoms with van der Waals surface area (Å²) in [5.74, 6) is -1.21. The molecule has 0 saturated carbocycles. The van der Waals surface area contributed by atoms with Gasteiger partial charge in [-0.2, -0.15) is 0 Å². The lowest BCUT2D eigenvalue weighted by Crippen LogP contribution is -2.33. The maximum atomic E-state index is 12.3. The van der Waals surface area contributed by atoms with Gasteiger partial charge >= 0.3 is 5.97 Å². The summed E-state index contributed by atoms with van der Waals surface area (Å²) < 4.78 is 4.76. The number of esters is 1. The van der Waals surface area contributed by atoms with E-state index < -0.39 is 5.97 Å². The number of hydrogen-bond donors (Lipinski definition) is 1. The summed E-state index contributed by atoms with van der Waals surface area (Å²) in [4.78, 5) is 49.0. The van der Waals surface area contributed by atoms with Gasteiger partial charge in [0.15, 0.2) is 5.78 Å². The first-order valence-corrected chi connectivity index (χ1v) is 8.69. The highest BCUT2D eigenvalue weighted by Gasteiger charge is 2.20. The third kappa shape index (κ3) is 5.26. The van der Waals surface area contributed by atoms with E-state index in [2.05, 4.69) is 5.32 Å². The summed E-state index contributed by atoms with van der Waals surface area (Å²) in [7, 11) is 1.27. The number of carbonyl (C=O) groups excluding carboxylic acids is 4. The van der Waals surface area contributed by atoms with Gasteiger partial charge in [0.05, 0.1) is 18.4 Å². The minimum atomic E-state index is -0.558. The van der Waals surface area contributed by atoms with Gasteiger partial charge in [-0.15, -0.1) is 0 Å². The molecule has 7 heteroatoms. The van der Waals surface area contributed by atoms with E-state index in [0.29, 0.717) is 16.9 Å². The molecule has 0 heterocycles. The summed E-state index contributed by atoms with van der Waals surface area (Å²) in [5, 5.41) is 2.72. The highest BCUT2D eigenvalue weighted by Crippen LogP contribution is 2.22. The van der Waals surface area contributed by atoms with Crippen LogP contribution in [0.4, 0.5) is 11.4 Å². The molecule has 0 saturated heterocycles. The van der Waals surface area contributed by atoms with Gasteiger partial charge in [-0.1, -0.05) is 12.1 Å². The van der Waals surface area contributed by atoms with Crippen LogP contribution in [0, 0.1) is 0 Å². The molecule has 7 nitrogen and oxygen atoms in total. The number of carbonyl (C=O) groups is 4. The number of benzene rings is 2. The van der Waals surface area contributed by atoms with Crippen molar-refractivity contribution in [1.29, 1.82) is 0 Å². The predicted molar refractivity (Wildman–Crippen MR) is 106 cm³/mol. The van der Waals surface area contributed by atoms with E-state index >= 15 is 0 Å². The van der Waals surface area contributed by atoms with Gasteiger partial charge in [-0.05, 0) is 43.3 Å². The summed E-state index contributed by atoms with van der Waals surface area (Å²) in [6.45, 7) is 2.93. The SMILES string of the molecule is COC(=O)c1ccccc1N(CCC(=O)Nc1ccc(C(C)=O)cc1)C(C)=O. The van der Waals surface area contributed by atoms with Crippen molar-refractivity contribution in [3.05, 3.63) is 59.7 Å². The summed E-state index contributed by atoms with van der Waals surface area (Å²) in [5.41, 5.74) is 1.75. The molecular weight excluding hydrogens is 360 g/mol. The Morgan fingerprint density at radius 1 is 0.964 bits per heavy atom. The lowest BCUT2D eigenvalue weighted by Gasteiger charge is -2.23. The van der Waals surface area contributed by atoms with Crippen molar-refractivity contribution in [2.45, 2.75) is 20.3 Å². The van der Waals surface area contributed by atoms with Gasteiger partial charge in [0.2, 0.25) is 11.8 Å². The Hall–Kier alpha value is -3.48. The maximum Gasteiger partial charge on any atom is 0.339 e. The van der Waals surface area contributed by atoms with Crippen molar-refractivity contribution < 1.29 is 23.9 Å². The van der Waals surface area contributed by atoms with Gasteiger partial charge in [0.25, 0.3) is 0 Å². The van der Waals surface area contributed by atoms with Crippen LogP contribution in [0.15, 0.2) is 48.5 Å². The van der Waals surface area contributed by atoms with Crippen molar-refractivity contribution >= 4 is 34.9 Å². The zero-order valence-corrected chi connectivity index (χ0v) is 16.0. The van der Waals surface area contributed by atoms with Gasteiger partial charge in [-0.3, -0.25) is 14.4 Å². The molecule has 0 aliphatic heterocycles. The number of nitrogens with zero attached hydrogens (tertiary/aromatic N) is 1. The first-order valence-electron chi connectivity index (χ1n) is 8.69. The van der Waals surface area contributed by atoms with E-state index in [-0.39, 0.29) is 36.1 Å². The van der Waals surface area contributed by atoms with Crippen LogP contribution in [-0.2, 0) is 14.3 Å². The molecule has 0 bridgehead atoms. The molecule has 1 N–H and O–H groups in total. The Kier molecular flexibility index (Phi) is 7.03. The molecule has 2 amide bonds. The molecule has 0 spiro atoms. The molecule has 0 aliphatic carbocycles. The summed E-state index contributed by atoms with van der Waals surface area (Å²) in [6, 6.07) is 13.1. The number of methoxy groups -OCH3 is 1. The standard InChI is InChI=1S/C21H22N2O5/c1-14(24)16-8-10-17(11-9-16)22-20(26)12-13-23(15(2)25)19-7-5-4-6-18(19)21(27)28-3/h4-11H,12-13H2,1-3H3,(H,22,26). The van der Waals surface area contributed by atoms with Gasteiger partial charge in [-0.25, -0.2) is 4.79 Å². The van der Waals surface area contributed by atoms with Crippen LogP contribution in [0.2, 0.25) is 0 Å². The van der Waals surface area contributed by atoms with Gasteiger partial charge in [0, 0.05) is 31.1 Å². The maximum absolute atomic E-state index is 12.3. The zero-order valence-electron chi connectivity index (χ0n) is 16.0. The van der Waals surface area contributed by atoms with Crippen LogP contribution in [0.3, 0.4) is 0 Å². The third-order valence-corrected chi connectivity index (χ3v) is 4.12. The minimum Gasteiger partial charge on any atom is -0.465 e. The van der Waals surface area contributed by atoms with Crippen molar-refractivity contribution in [3.63, 3.8) is 0 Å². The van der Waals surface area contributed by atoms with Crippen LogP contribution >= 0.6 is 0 Å². The molecule has 0 unspecified atom stereocenters. The number of hydrogen-bond acceptors (Lipinski definition) is 5. The third-order valence-electron chi connectivity index (χ3n) is 4.12. The van der Waals surface area contributed by atoms with E-state index in [1.165, 1.54) is 25.9 Å². The highest BCUT2D eigenvalue weighted by atomic mass is 16.5. The smallest absolute Gasteiger partial charge is 0.339 e. The number of Topliss-reactive ketones (excluding diaryl/α,β-unsaturated/α-hetero) is 1. The Bertz CT molecular complexity index is 890. The number of ketones is 1. The summed E-state index contributed by atoms with van der Waals surface area (Å²) in [6.07, 6.45) is 0.0313.